The number of nitrogens with one attached hydrogen (secondary N) is 4. The summed E-state index contributed by atoms with van der Waals surface area (Å²) in [6, 6.07) is 30.5. The van der Waals surface area contributed by atoms with Crippen LogP contribution >= 0.6 is 0 Å². The molecule has 2 saturated heterocycles. The van der Waals surface area contributed by atoms with Crippen LogP contribution in [0.4, 0.5) is 9.59 Å². The first-order valence-electron chi connectivity index (χ1n) is 22.5. The van der Waals surface area contributed by atoms with E-state index in [2.05, 4.69) is 81.3 Å². The Morgan fingerprint density at radius 2 is 1.44 bits per heavy atom. The van der Waals surface area contributed by atoms with Crippen LogP contribution in [0.5, 0.6) is 0 Å². The Morgan fingerprint density at radius 3 is 2.20 bits per heavy atom. The molecule has 15 heteroatoms. The summed E-state index contributed by atoms with van der Waals surface area (Å²) in [5.74, 6) is 1.30. The summed E-state index contributed by atoms with van der Waals surface area (Å²) in [7, 11) is 4.07. The lowest BCUT2D eigenvalue weighted by atomic mass is 9.96. The summed E-state index contributed by atoms with van der Waals surface area (Å²) in [6.07, 6.45) is 4.27. The molecule has 338 valence electrons. The number of imidazole rings is 2. The number of hydrogen-bond donors (Lipinski definition) is 4. The van der Waals surface area contributed by atoms with Gasteiger partial charge in [-0.15, -0.1) is 0 Å². The molecular weight excluding hydrogens is 837 g/mol. The van der Waals surface area contributed by atoms with Crippen LogP contribution in [0.1, 0.15) is 74.4 Å². The number of benzene rings is 5. The van der Waals surface area contributed by atoms with Crippen molar-refractivity contribution < 1.29 is 33.4 Å². The number of carbonyl (C=O) groups is 4. The van der Waals surface area contributed by atoms with Gasteiger partial charge in [-0.05, 0) is 102 Å². The van der Waals surface area contributed by atoms with E-state index in [9.17, 15) is 19.2 Å². The number of ether oxygens (including phenoxy) is 3. The Bertz CT molecular complexity index is 2990. The second-order valence-electron chi connectivity index (χ2n) is 17.6. The maximum absolute atomic E-state index is 14.5. The number of aromatic amines is 2. The van der Waals surface area contributed by atoms with E-state index in [0.717, 1.165) is 92.9 Å². The third kappa shape index (κ3) is 7.76. The normalized spacial score (nSPS) is 20.4. The number of likely N-dealkylation sites (tertiary alicyclic amines) is 2. The maximum Gasteiger partial charge on any atom is 0.407 e. The van der Waals surface area contributed by atoms with Crippen molar-refractivity contribution in [1.29, 1.82) is 0 Å². The molecule has 3 fully saturated rings. The zero-order chi connectivity index (χ0) is 45.6. The fourth-order valence-electron chi connectivity index (χ4n) is 10.5. The van der Waals surface area contributed by atoms with Crippen LogP contribution in [0.25, 0.3) is 55.0 Å². The number of rotatable bonds is 11. The number of fused-ring (bicyclic) bond motifs is 6. The lowest BCUT2D eigenvalue weighted by molar-refractivity contribution is -0.138. The number of alkyl carbamates (subject to hydrolysis) is 2. The number of amides is 4. The average Bonchev–Trinajstić information content (AvgIpc) is 4.23. The first kappa shape index (κ1) is 42.7. The highest BCUT2D eigenvalue weighted by Crippen LogP contribution is 2.51. The molecule has 5 aromatic carbocycles. The minimum absolute atomic E-state index is 0.0633. The highest BCUT2D eigenvalue weighted by Gasteiger charge is 2.51. The second-order valence-corrected chi connectivity index (χ2v) is 17.6. The van der Waals surface area contributed by atoms with E-state index in [0.29, 0.717) is 17.9 Å². The minimum Gasteiger partial charge on any atom is -0.453 e. The molecule has 2 bridgehead atoms. The van der Waals surface area contributed by atoms with Crippen LogP contribution in [0.3, 0.4) is 0 Å². The van der Waals surface area contributed by atoms with Crippen LogP contribution in [0, 0.1) is 5.92 Å². The summed E-state index contributed by atoms with van der Waals surface area (Å²) < 4.78 is 15.1. The smallest absolute Gasteiger partial charge is 0.407 e. The topological polar surface area (TPSA) is 184 Å². The average molecular weight is 889 g/mol. The van der Waals surface area contributed by atoms with Gasteiger partial charge in [0.05, 0.1) is 55.3 Å². The van der Waals surface area contributed by atoms with Crippen molar-refractivity contribution in [2.75, 3.05) is 27.9 Å². The van der Waals surface area contributed by atoms with Gasteiger partial charge in [0.1, 0.15) is 23.7 Å². The van der Waals surface area contributed by atoms with Crippen molar-refractivity contribution >= 4 is 56.6 Å². The molecule has 1 unspecified atom stereocenters. The Balaban J connectivity index is 0.880. The summed E-state index contributed by atoms with van der Waals surface area (Å²) in [5, 5.41) is 9.71. The van der Waals surface area contributed by atoms with E-state index in [1.165, 1.54) is 21.3 Å². The monoisotopic (exact) mass is 888 g/mol. The largest absolute Gasteiger partial charge is 0.453 e. The molecule has 3 aliphatic rings. The maximum atomic E-state index is 14.5. The first-order valence-corrected chi connectivity index (χ1v) is 22.5. The molecular formula is C51H52N8O7. The Hall–Kier alpha value is -7.26. The zero-order valence-electron chi connectivity index (χ0n) is 37.2. The summed E-state index contributed by atoms with van der Waals surface area (Å²) in [4.78, 5) is 73.4. The van der Waals surface area contributed by atoms with Crippen molar-refractivity contribution in [2.24, 2.45) is 5.92 Å². The Morgan fingerprint density at radius 1 is 0.742 bits per heavy atom. The molecule has 2 aliphatic heterocycles. The van der Waals surface area contributed by atoms with Gasteiger partial charge in [0.15, 0.2) is 0 Å². The fraction of sp³-hybridized carbons (Fsp3) is 0.333. The third-order valence-electron chi connectivity index (χ3n) is 13.9. The Labute approximate surface area is 381 Å². The summed E-state index contributed by atoms with van der Waals surface area (Å²) >= 11 is 0. The van der Waals surface area contributed by atoms with Crippen LogP contribution in [-0.2, 0) is 23.8 Å². The predicted molar refractivity (Wildman–Crippen MR) is 249 cm³/mol. The number of methoxy groups -OCH3 is 3. The molecule has 4 N–H and O–H groups in total. The van der Waals surface area contributed by atoms with Gasteiger partial charge < -0.3 is 44.6 Å². The molecule has 4 heterocycles. The highest BCUT2D eigenvalue weighted by molar-refractivity contribution is 6.06. The van der Waals surface area contributed by atoms with Gasteiger partial charge in [-0.2, -0.15) is 0 Å². The van der Waals surface area contributed by atoms with Crippen LogP contribution in [0.15, 0.2) is 103 Å². The number of carbonyl (C=O) groups excluding carboxylic acids is 4. The molecule has 4 amide bonds. The van der Waals surface area contributed by atoms with Crippen LogP contribution in [-0.4, -0.2) is 99.8 Å². The van der Waals surface area contributed by atoms with E-state index in [1.807, 2.05) is 47.5 Å². The van der Waals surface area contributed by atoms with Crippen molar-refractivity contribution in [1.82, 2.24) is 40.4 Å². The van der Waals surface area contributed by atoms with E-state index in [-0.39, 0.29) is 35.9 Å². The number of H-pyrrole nitrogens is 2. The second kappa shape index (κ2) is 17.6. The molecule has 7 atom stereocenters. The van der Waals surface area contributed by atoms with Crippen molar-refractivity contribution in [3.05, 3.63) is 120 Å². The van der Waals surface area contributed by atoms with Crippen molar-refractivity contribution in [3.8, 4) is 22.4 Å². The lowest BCUT2D eigenvalue weighted by Crippen LogP contribution is -2.54. The van der Waals surface area contributed by atoms with Gasteiger partial charge in [-0.1, -0.05) is 72.8 Å². The predicted octanol–water partition coefficient (Wildman–Crippen LogP) is 8.50. The molecule has 1 saturated carbocycles. The van der Waals surface area contributed by atoms with Gasteiger partial charge in [-0.25, -0.2) is 19.6 Å². The molecule has 15 nitrogen and oxygen atoms in total. The zero-order valence-corrected chi connectivity index (χ0v) is 37.2. The third-order valence-corrected chi connectivity index (χ3v) is 13.9. The number of piperidine rings is 1. The summed E-state index contributed by atoms with van der Waals surface area (Å²) in [6.45, 7) is 2.28. The molecule has 0 radical (unpaired) electrons. The van der Waals surface area contributed by atoms with Gasteiger partial charge in [0, 0.05) is 30.6 Å². The van der Waals surface area contributed by atoms with Gasteiger partial charge in [-0.3, -0.25) is 9.59 Å². The number of hydrogen-bond acceptors (Lipinski definition) is 9. The van der Waals surface area contributed by atoms with Crippen LogP contribution < -0.4 is 10.6 Å². The first-order chi connectivity index (χ1) is 32.1. The molecule has 0 spiro atoms. The molecule has 7 aromatic rings. The quantitative estimate of drug-likeness (QED) is 0.0989. The standard InChI is InChI=1S/C51H52N8O7/c1-28(64-2)42(56-50(62)65-3)48(60)58-22-8-11-41(58)46-52-27-40(54-46)35-15-14-31-23-30(12-13-32(31)25-35)33-17-20-38-34(24-33)18-21-39-44(38)55-47(53-39)45-36-16-19-37(26-36)59(45)49(61)43(57-51(63)66-4)29-9-6-5-7-10-29/h5-7,9-10,12-15,17-18,20-21,23-25,27-28,36-37,41-43,45H,8,11,16,19,22,26H2,1-4H3,(H,52,54)(H,53,55)(H,56,62)(H,57,63)/t28-,36+,37?,41+,42+,43-,45+/m1/s1. The van der Waals surface area contributed by atoms with Crippen LogP contribution in [0.2, 0.25) is 0 Å². The molecule has 66 heavy (non-hydrogen) atoms. The number of nitrogens with zero attached hydrogens (tertiary/aromatic N) is 4. The fourth-order valence-corrected chi connectivity index (χ4v) is 10.5. The Kier molecular flexibility index (Phi) is 11.4. The van der Waals surface area contributed by atoms with Gasteiger partial charge in [0.25, 0.3) is 5.91 Å². The highest BCUT2D eigenvalue weighted by atomic mass is 16.5. The van der Waals surface area contributed by atoms with Crippen molar-refractivity contribution in [2.45, 2.75) is 75.3 Å². The van der Waals surface area contributed by atoms with E-state index in [4.69, 9.17) is 24.2 Å². The van der Waals surface area contributed by atoms with Gasteiger partial charge in [0.2, 0.25) is 5.91 Å². The van der Waals surface area contributed by atoms with Crippen molar-refractivity contribution in [3.63, 3.8) is 0 Å². The van der Waals surface area contributed by atoms with E-state index in [1.54, 1.807) is 11.8 Å². The van der Waals surface area contributed by atoms with E-state index >= 15 is 0 Å². The molecule has 1 aliphatic carbocycles. The lowest BCUT2D eigenvalue weighted by Gasteiger charge is -2.36. The summed E-state index contributed by atoms with van der Waals surface area (Å²) in [5.41, 5.74) is 6.46. The minimum atomic E-state index is -0.902. The molecule has 2 aromatic heterocycles. The van der Waals surface area contributed by atoms with E-state index < -0.39 is 30.4 Å². The SMILES string of the molecule is COC(=O)N[C@H](C(=O)N1CCC[C@H]1c1ncc(-c2ccc3cc(-c4ccc5c(ccc6nc([C@@H]7[C@H]8CCC(C8)N7C(=O)[C@H](NC(=O)OC)c7ccccc7)[nH]c65)c4)ccc3c2)[nH]1)[C@@H](C)OC. The number of aromatic nitrogens is 4. The molecule has 10 rings (SSSR count). The van der Waals surface area contributed by atoms with Gasteiger partial charge >= 0.3 is 12.2 Å².